The van der Waals surface area contributed by atoms with Crippen molar-refractivity contribution in [2.45, 2.75) is 32.0 Å². The Morgan fingerprint density at radius 2 is 2.09 bits per heavy atom. The molecule has 1 heterocycles. The van der Waals surface area contributed by atoms with Crippen molar-refractivity contribution in [1.82, 2.24) is 0 Å². The van der Waals surface area contributed by atoms with Crippen molar-refractivity contribution in [2.75, 3.05) is 0 Å². The highest BCUT2D eigenvalue weighted by Gasteiger charge is 2.51. The maximum atomic E-state index is 12.6. The summed E-state index contributed by atoms with van der Waals surface area (Å²) in [6.07, 6.45) is -1.69. The minimum atomic E-state index is -2.97. The van der Waals surface area contributed by atoms with Gasteiger partial charge >= 0.3 is 6.11 Å². The van der Waals surface area contributed by atoms with Crippen molar-refractivity contribution in [2.24, 2.45) is 5.92 Å². The molecule has 0 radical (unpaired) electrons. The number of hydrogen-bond donors (Lipinski definition) is 0. The molecule has 1 fully saturated rings. The van der Waals surface area contributed by atoms with E-state index in [0.717, 1.165) is 0 Å². The summed E-state index contributed by atoms with van der Waals surface area (Å²) in [7, 11) is 0. The lowest BCUT2D eigenvalue weighted by Crippen LogP contribution is -2.27. The second-order valence-electron chi connectivity index (χ2n) is 3.39. The fourth-order valence-electron chi connectivity index (χ4n) is 1.37. The van der Waals surface area contributed by atoms with Gasteiger partial charge in [0.05, 0.1) is 5.60 Å². The van der Waals surface area contributed by atoms with E-state index in [1.165, 1.54) is 6.08 Å². The minimum Gasteiger partial charge on any atom is -0.314 e. The first kappa shape index (κ1) is 8.65. The predicted molar refractivity (Wildman–Crippen MR) is 38.4 cm³/mol. The molecule has 0 aromatic rings. The molecule has 0 saturated carbocycles. The summed E-state index contributed by atoms with van der Waals surface area (Å²) in [4.78, 5) is 0. The van der Waals surface area contributed by atoms with Crippen LogP contribution in [0.5, 0.6) is 0 Å². The van der Waals surface area contributed by atoms with Crippen molar-refractivity contribution in [3.63, 3.8) is 0 Å². The Morgan fingerprint density at radius 3 is 2.27 bits per heavy atom. The normalized spacial score (nSPS) is 33.6. The van der Waals surface area contributed by atoms with Crippen LogP contribution in [0.1, 0.15) is 20.3 Å². The lowest BCUT2D eigenvalue weighted by Gasteiger charge is -2.22. The maximum Gasteiger partial charge on any atom is 0.356 e. The summed E-state index contributed by atoms with van der Waals surface area (Å²) in [6.45, 7) is 6.80. The average molecular weight is 162 g/mol. The molecule has 0 spiro atoms. The van der Waals surface area contributed by atoms with Crippen LogP contribution in [0, 0.1) is 5.92 Å². The first-order chi connectivity index (χ1) is 4.87. The third-order valence-electron chi connectivity index (χ3n) is 2.05. The van der Waals surface area contributed by atoms with Crippen molar-refractivity contribution < 1.29 is 13.5 Å². The molecule has 1 aliphatic heterocycles. The van der Waals surface area contributed by atoms with Gasteiger partial charge in [0.1, 0.15) is 0 Å². The fraction of sp³-hybridized carbons (Fsp3) is 0.750. The Hall–Kier alpha value is -0.440. The summed E-state index contributed by atoms with van der Waals surface area (Å²) in [5.41, 5.74) is -0.773. The highest BCUT2D eigenvalue weighted by molar-refractivity contribution is 4.98. The van der Waals surface area contributed by atoms with Crippen LogP contribution in [-0.2, 0) is 4.74 Å². The number of rotatable bonds is 1. The zero-order valence-corrected chi connectivity index (χ0v) is 6.73. The Labute approximate surface area is 65.0 Å². The van der Waals surface area contributed by atoms with E-state index in [-0.39, 0.29) is 12.3 Å². The van der Waals surface area contributed by atoms with Crippen LogP contribution in [0.4, 0.5) is 8.78 Å². The molecule has 1 unspecified atom stereocenters. The highest BCUT2D eigenvalue weighted by atomic mass is 19.3. The van der Waals surface area contributed by atoms with Gasteiger partial charge in [-0.2, -0.15) is 8.78 Å². The van der Waals surface area contributed by atoms with E-state index in [2.05, 4.69) is 11.3 Å². The molecule has 11 heavy (non-hydrogen) atoms. The Bertz CT molecular complexity index is 175. The summed E-state index contributed by atoms with van der Waals surface area (Å²) in [5, 5.41) is 0. The monoisotopic (exact) mass is 162 g/mol. The fourth-order valence-corrected chi connectivity index (χ4v) is 1.37. The molecule has 1 atom stereocenters. The Kier molecular flexibility index (Phi) is 1.79. The van der Waals surface area contributed by atoms with E-state index in [4.69, 9.17) is 0 Å². The average Bonchev–Trinajstić information content (AvgIpc) is 1.99. The van der Waals surface area contributed by atoms with Gasteiger partial charge in [-0.05, 0) is 13.8 Å². The lowest BCUT2D eigenvalue weighted by molar-refractivity contribution is -0.246. The zero-order valence-electron chi connectivity index (χ0n) is 6.73. The molecule has 0 N–H and O–H groups in total. The van der Waals surface area contributed by atoms with Crippen LogP contribution in [0.15, 0.2) is 12.7 Å². The number of ether oxygens (including phenoxy) is 1. The van der Waals surface area contributed by atoms with E-state index >= 15 is 0 Å². The van der Waals surface area contributed by atoms with Crippen LogP contribution in [0.3, 0.4) is 0 Å². The third-order valence-corrected chi connectivity index (χ3v) is 2.05. The van der Waals surface area contributed by atoms with Crippen molar-refractivity contribution in [3.8, 4) is 0 Å². The zero-order chi connectivity index (χ0) is 8.70. The second-order valence-corrected chi connectivity index (χ2v) is 3.39. The van der Waals surface area contributed by atoms with E-state index in [1.54, 1.807) is 13.8 Å². The topological polar surface area (TPSA) is 9.23 Å². The highest BCUT2D eigenvalue weighted by Crippen LogP contribution is 2.44. The second kappa shape index (κ2) is 2.27. The van der Waals surface area contributed by atoms with Crippen LogP contribution >= 0.6 is 0 Å². The summed E-state index contributed by atoms with van der Waals surface area (Å²) >= 11 is 0. The van der Waals surface area contributed by atoms with Gasteiger partial charge in [-0.25, -0.2) is 0 Å². The van der Waals surface area contributed by atoms with E-state index in [0.29, 0.717) is 0 Å². The minimum absolute atomic E-state index is 0.247. The predicted octanol–water partition coefficient (Wildman–Crippen LogP) is 2.58. The smallest absolute Gasteiger partial charge is 0.314 e. The first-order valence-electron chi connectivity index (χ1n) is 3.58. The number of alkyl halides is 2. The molecule has 0 aromatic heterocycles. The van der Waals surface area contributed by atoms with Crippen molar-refractivity contribution in [3.05, 3.63) is 12.7 Å². The largest absolute Gasteiger partial charge is 0.356 e. The van der Waals surface area contributed by atoms with Gasteiger partial charge < -0.3 is 4.74 Å². The van der Waals surface area contributed by atoms with Crippen LogP contribution in [0.2, 0.25) is 0 Å². The van der Waals surface area contributed by atoms with Gasteiger partial charge in [0, 0.05) is 12.3 Å². The molecule has 1 saturated heterocycles. The quantitative estimate of drug-likeness (QED) is 0.538. The van der Waals surface area contributed by atoms with Gasteiger partial charge in [0.2, 0.25) is 0 Å². The van der Waals surface area contributed by atoms with Gasteiger partial charge in [0.15, 0.2) is 0 Å². The molecular formula is C8H12F2O. The van der Waals surface area contributed by atoms with Crippen molar-refractivity contribution >= 4 is 0 Å². The maximum absolute atomic E-state index is 12.6. The summed E-state index contributed by atoms with van der Waals surface area (Å²) in [6, 6.07) is 0. The molecule has 0 bridgehead atoms. The van der Waals surface area contributed by atoms with Crippen molar-refractivity contribution in [1.29, 1.82) is 0 Å². The molecule has 1 aliphatic rings. The third kappa shape index (κ3) is 1.59. The van der Waals surface area contributed by atoms with Gasteiger partial charge in [0.25, 0.3) is 0 Å². The SMILES string of the molecule is C=CC1CC(F)(F)OC1(C)C. The van der Waals surface area contributed by atoms with E-state index in [9.17, 15) is 8.78 Å². The molecule has 0 aromatic carbocycles. The summed E-state index contributed by atoms with van der Waals surface area (Å²) in [5.74, 6) is -0.252. The van der Waals surface area contributed by atoms with E-state index < -0.39 is 11.7 Å². The molecular weight excluding hydrogens is 150 g/mol. The molecule has 0 aliphatic carbocycles. The number of halogens is 2. The van der Waals surface area contributed by atoms with Gasteiger partial charge in [-0.1, -0.05) is 6.08 Å². The summed E-state index contributed by atoms with van der Waals surface area (Å²) < 4.78 is 29.7. The van der Waals surface area contributed by atoms with Gasteiger partial charge in [-0.15, -0.1) is 6.58 Å². The van der Waals surface area contributed by atoms with Crippen LogP contribution in [-0.4, -0.2) is 11.7 Å². The molecule has 1 rings (SSSR count). The lowest BCUT2D eigenvalue weighted by atomic mass is 9.91. The van der Waals surface area contributed by atoms with Crippen LogP contribution < -0.4 is 0 Å². The first-order valence-corrected chi connectivity index (χ1v) is 3.58. The van der Waals surface area contributed by atoms with Crippen LogP contribution in [0.25, 0.3) is 0 Å². The Balaban J connectivity index is 2.79. The molecule has 3 heteroatoms. The Morgan fingerprint density at radius 1 is 1.55 bits per heavy atom. The molecule has 64 valence electrons. The standard InChI is InChI=1S/C8H12F2O/c1-4-6-5-8(9,10)11-7(6,2)3/h4,6H,1,5H2,2-3H3. The molecule has 0 amide bonds. The number of hydrogen-bond acceptors (Lipinski definition) is 1. The van der Waals surface area contributed by atoms with E-state index in [1.807, 2.05) is 0 Å². The molecule has 1 nitrogen and oxygen atoms in total. The van der Waals surface area contributed by atoms with Gasteiger partial charge in [-0.3, -0.25) is 0 Å².